The minimum Gasteiger partial charge on any atom is -0.388 e. The Labute approximate surface area is 88.9 Å². The van der Waals surface area contributed by atoms with Crippen LogP contribution in [0.15, 0.2) is 12.4 Å². The lowest BCUT2D eigenvalue weighted by atomic mass is 10.1. The predicted molar refractivity (Wildman–Crippen MR) is 61.3 cm³/mol. The molecule has 5 heteroatoms. The van der Waals surface area contributed by atoms with Gasteiger partial charge in [-0.2, -0.15) is 0 Å². The van der Waals surface area contributed by atoms with Gasteiger partial charge in [0.15, 0.2) is 0 Å². The molecule has 0 spiro atoms. The second-order valence-corrected chi connectivity index (χ2v) is 4.47. The quantitative estimate of drug-likeness (QED) is 0.721. The third-order valence-corrected chi connectivity index (χ3v) is 1.62. The van der Waals surface area contributed by atoms with Crippen LogP contribution in [0.2, 0.25) is 0 Å². The van der Waals surface area contributed by atoms with E-state index in [1.807, 2.05) is 0 Å². The summed E-state index contributed by atoms with van der Waals surface area (Å²) >= 11 is 4.77. The highest BCUT2D eigenvalue weighted by Gasteiger charge is 2.10. The molecule has 0 saturated carbocycles. The number of hydrogen-bond acceptors (Lipinski definition) is 4. The van der Waals surface area contributed by atoms with Crippen LogP contribution in [0.5, 0.6) is 0 Å². The normalized spacial score (nSPS) is 11.1. The molecule has 4 nitrogen and oxygen atoms in total. The fourth-order valence-electron chi connectivity index (χ4n) is 0.904. The van der Waals surface area contributed by atoms with E-state index in [1.165, 1.54) is 0 Å². The summed E-state index contributed by atoms with van der Waals surface area (Å²) in [6, 6.07) is 0. The molecule has 0 aromatic carbocycles. The Morgan fingerprint density at radius 1 is 1.36 bits per heavy atom. The van der Waals surface area contributed by atoms with Crippen LogP contribution in [-0.2, 0) is 0 Å². The lowest BCUT2D eigenvalue weighted by Gasteiger charge is -2.20. The number of nitrogens with zero attached hydrogens (tertiary/aromatic N) is 2. The third-order valence-electron chi connectivity index (χ3n) is 1.41. The monoisotopic (exact) mass is 210 g/mol. The SMILES string of the molecule is CC(C)(C)Nc1cnc(C(N)=S)cn1. The standard InChI is InChI=1S/C9H14N4S/c1-9(2,3)13-7-5-11-6(4-12-7)8(10)14/h4-5H,1-3H3,(H2,10,14)(H,12,13). The van der Waals surface area contributed by atoms with E-state index in [9.17, 15) is 0 Å². The maximum Gasteiger partial charge on any atom is 0.144 e. The van der Waals surface area contributed by atoms with Gasteiger partial charge in [0.2, 0.25) is 0 Å². The molecule has 76 valence electrons. The topological polar surface area (TPSA) is 63.8 Å². The molecule has 1 aromatic rings. The first-order valence-corrected chi connectivity index (χ1v) is 4.69. The second kappa shape index (κ2) is 3.88. The van der Waals surface area contributed by atoms with E-state index in [2.05, 4.69) is 36.1 Å². The molecule has 0 atom stereocenters. The zero-order valence-electron chi connectivity index (χ0n) is 8.53. The van der Waals surface area contributed by atoms with E-state index in [-0.39, 0.29) is 10.5 Å². The molecule has 0 aliphatic rings. The van der Waals surface area contributed by atoms with Gasteiger partial charge < -0.3 is 11.1 Å². The molecule has 0 bridgehead atoms. The summed E-state index contributed by atoms with van der Waals surface area (Å²) < 4.78 is 0. The van der Waals surface area contributed by atoms with Crippen molar-refractivity contribution in [2.24, 2.45) is 5.73 Å². The van der Waals surface area contributed by atoms with Gasteiger partial charge in [0, 0.05) is 5.54 Å². The molecule has 1 heterocycles. The smallest absolute Gasteiger partial charge is 0.144 e. The summed E-state index contributed by atoms with van der Waals surface area (Å²) in [5.74, 6) is 0.720. The van der Waals surface area contributed by atoms with Crippen LogP contribution >= 0.6 is 12.2 Å². The molecule has 14 heavy (non-hydrogen) atoms. The molecular formula is C9H14N4S. The Balaban J connectivity index is 2.79. The first kappa shape index (κ1) is 10.8. The van der Waals surface area contributed by atoms with Crippen LogP contribution in [0.3, 0.4) is 0 Å². The molecular weight excluding hydrogens is 196 g/mol. The van der Waals surface area contributed by atoms with Gasteiger partial charge in [-0.3, -0.25) is 0 Å². The largest absolute Gasteiger partial charge is 0.388 e. The fraction of sp³-hybridized carbons (Fsp3) is 0.444. The van der Waals surface area contributed by atoms with Crippen molar-refractivity contribution in [3.63, 3.8) is 0 Å². The molecule has 0 radical (unpaired) electrons. The zero-order chi connectivity index (χ0) is 10.8. The third kappa shape index (κ3) is 3.26. The number of rotatable bonds is 2. The molecule has 1 aromatic heterocycles. The maximum absolute atomic E-state index is 5.40. The number of thiocarbonyl (C=S) groups is 1. The van der Waals surface area contributed by atoms with Gasteiger partial charge in [-0.25, -0.2) is 9.97 Å². The molecule has 0 fully saturated rings. The van der Waals surface area contributed by atoms with Gasteiger partial charge in [0.1, 0.15) is 16.5 Å². The first-order valence-electron chi connectivity index (χ1n) is 4.28. The van der Waals surface area contributed by atoms with E-state index >= 15 is 0 Å². The van der Waals surface area contributed by atoms with Gasteiger partial charge in [0.25, 0.3) is 0 Å². The molecule has 0 unspecified atom stereocenters. The molecule has 1 rings (SSSR count). The fourth-order valence-corrected chi connectivity index (χ4v) is 1.01. The van der Waals surface area contributed by atoms with Crippen LogP contribution < -0.4 is 11.1 Å². The summed E-state index contributed by atoms with van der Waals surface area (Å²) in [5, 5.41) is 3.19. The highest BCUT2D eigenvalue weighted by atomic mass is 32.1. The highest BCUT2D eigenvalue weighted by Crippen LogP contribution is 2.10. The van der Waals surface area contributed by atoms with E-state index in [0.717, 1.165) is 5.82 Å². The molecule has 0 saturated heterocycles. The maximum atomic E-state index is 5.40. The van der Waals surface area contributed by atoms with Crippen molar-refractivity contribution >= 4 is 23.0 Å². The Kier molecular flexibility index (Phi) is 3.00. The Hall–Kier alpha value is -1.23. The summed E-state index contributed by atoms with van der Waals surface area (Å²) in [6.45, 7) is 6.16. The van der Waals surface area contributed by atoms with Crippen molar-refractivity contribution in [2.45, 2.75) is 26.3 Å². The molecule has 3 N–H and O–H groups in total. The number of aromatic nitrogens is 2. The average molecular weight is 210 g/mol. The summed E-state index contributed by atoms with van der Waals surface area (Å²) in [7, 11) is 0. The van der Waals surface area contributed by atoms with Gasteiger partial charge in [-0.15, -0.1) is 0 Å². The van der Waals surface area contributed by atoms with Crippen LogP contribution in [0, 0.1) is 0 Å². The van der Waals surface area contributed by atoms with Crippen molar-refractivity contribution in [3.8, 4) is 0 Å². The molecule has 0 aliphatic carbocycles. The minimum atomic E-state index is -0.0284. The Bertz CT molecular complexity index is 326. The summed E-state index contributed by atoms with van der Waals surface area (Å²) in [5.41, 5.74) is 5.91. The van der Waals surface area contributed by atoms with E-state index in [4.69, 9.17) is 18.0 Å². The van der Waals surface area contributed by atoms with Crippen molar-refractivity contribution in [2.75, 3.05) is 5.32 Å². The lowest BCUT2D eigenvalue weighted by Crippen LogP contribution is -2.27. The van der Waals surface area contributed by atoms with Gasteiger partial charge in [-0.1, -0.05) is 12.2 Å². The van der Waals surface area contributed by atoms with Gasteiger partial charge >= 0.3 is 0 Å². The van der Waals surface area contributed by atoms with Gasteiger partial charge in [0.05, 0.1) is 12.4 Å². The predicted octanol–water partition coefficient (Wildman–Crippen LogP) is 1.32. The lowest BCUT2D eigenvalue weighted by molar-refractivity contribution is 0.629. The van der Waals surface area contributed by atoms with E-state index < -0.39 is 0 Å². The Morgan fingerprint density at radius 3 is 2.36 bits per heavy atom. The highest BCUT2D eigenvalue weighted by molar-refractivity contribution is 7.80. The van der Waals surface area contributed by atoms with Crippen molar-refractivity contribution in [1.82, 2.24) is 9.97 Å². The van der Waals surface area contributed by atoms with Crippen LogP contribution in [0.4, 0.5) is 5.82 Å². The number of hydrogen-bond donors (Lipinski definition) is 2. The molecule has 0 amide bonds. The van der Waals surface area contributed by atoms with Crippen LogP contribution in [0.25, 0.3) is 0 Å². The first-order chi connectivity index (χ1) is 6.38. The van der Waals surface area contributed by atoms with E-state index in [0.29, 0.717) is 5.69 Å². The van der Waals surface area contributed by atoms with Crippen molar-refractivity contribution < 1.29 is 0 Å². The van der Waals surface area contributed by atoms with Gasteiger partial charge in [-0.05, 0) is 20.8 Å². The van der Waals surface area contributed by atoms with Crippen molar-refractivity contribution in [1.29, 1.82) is 0 Å². The second-order valence-electron chi connectivity index (χ2n) is 4.03. The molecule has 0 aliphatic heterocycles. The minimum absolute atomic E-state index is 0.0284. The average Bonchev–Trinajstić information content (AvgIpc) is 2.02. The Morgan fingerprint density at radius 2 is 2.00 bits per heavy atom. The van der Waals surface area contributed by atoms with Crippen molar-refractivity contribution in [3.05, 3.63) is 18.1 Å². The number of nitrogens with one attached hydrogen (secondary N) is 1. The van der Waals surface area contributed by atoms with Crippen LogP contribution in [-0.4, -0.2) is 20.5 Å². The summed E-state index contributed by atoms with van der Waals surface area (Å²) in [6.07, 6.45) is 3.19. The number of nitrogens with two attached hydrogens (primary N) is 1. The summed E-state index contributed by atoms with van der Waals surface area (Å²) in [4.78, 5) is 8.48. The number of anilines is 1. The zero-order valence-corrected chi connectivity index (χ0v) is 9.35. The van der Waals surface area contributed by atoms with Crippen LogP contribution in [0.1, 0.15) is 26.5 Å². The van der Waals surface area contributed by atoms with E-state index in [1.54, 1.807) is 12.4 Å².